The van der Waals surface area contributed by atoms with Crippen molar-refractivity contribution in [1.29, 1.82) is 0 Å². The largest absolute Gasteiger partial charge is 0.613 e. The summed E-state index contributed by atoms with van der Waals surface area (Å²) >= 11 is 0. The van der Waals surface area contributed by atoms with Gasteiger partial charge < -0.3 is 9.71 Å². The van der Waals surface area contributed by atoms with Crippen LogP contribution in [0.15, 0.2) is 30.3 Å². The molecular formula is C6H5N2O3S. The lowest BCUT2D eigenvalue weighted by Gasteiger charge is -1.94. The first-order chi connectivity index (χ1) is 5.64. The molecule has 12 heavy (non-hydrogen) atoms. The Balaban J connectivity index is 2.85. The van der Waals surface area contributed by atoms with Crippen LogP contribution in [0.1, 0.15) is 0 Å². The first-order valence-electron chi connectivity index (χ1n) is 3.00. The molecule has 0 saturated carbocycles. The Hall–Kier alpha value is -1.43. The average molecular weight is 185 g/mol. The van der Waals surface area contributed by atoms with Crippen LogP contribution in [0.2, 0.25) is 0 Å². The molecule has 0 heterocycles. The van der Waals surface area contributed by atoms with Crippen LogP contribution in [-0.2, 0) is 10.3 Å². The molecule has 0 aliphatic carbocycles. The van der Waals surface area contributed by atoms with Crippen molar-refractivity contribution in [1.82, 2.24) is 4.52 Å². The predicted octanol–water partition coefficient (Wildman–Crippen LogP) is 0.668. The van der Waals surface area contributed by atoms with Gasteiger partial charge in [0.05, 0.1) is 0 Å². The lowest BCUT2D eigenvalue weighted by molar-refractivity contribution is 0.482. The highest BCUT2D eigenvalue weighted by Gasteiger charge is 2.17. The standard InChI is InChI=1S/C6H5N2O3S/c7-8-12(9,10)11-6-4-2-1-3-5-6/h1-5H. The van der Waals surface area contributed by atoms with Crippen molar-refractivity contribution in [2.75, 3.05) is 0 Å². The Bertz CT molecular complexity index is 360. The molecule has 1 aromatic carbocycles. The van der Waals surface area contributed by atoms with E-state index in [9.17, 15) is 8.42 Å². The van der Waals surface area contributed by atoms with E-state index >= 15 is 0 Å². The Morgan fingerprint density at radius 3 is 2.33 bits per heavy atom. The zero-order valence-electron chi connectivity index (χ0n) is 5.91. The van der Waals surface area contributed by atoms with E-state index in [2.05, 4.69) is 8.70 Å². The fraction of sp³-hybridized carbons (Fsp3) is 0. The van der Waals surface area contributed by atoms with Crippen molar-refractivity contribution in [3.8, 4) is 5.75 Å². The normalized spacial score (nSPS) is 10.7. The minimum Gasteiger partial charge on any atom is -0.406 e. The van der Waals surface area contributed by atoms with Gasteiger partial charge in [-0.2, -0.15) is 0 Å². The van der Waals surface area contributed by atoms with Crippen LogP contribution in [-0.4, -0.2) is 8.42 Å². The van der Waals surface area contributed by atoms with Crippen molar-refractivity contribution in [3.05, 3.63) is 35.9 Å². The van der Waals surface area contributed by atoms with Gasteiger partial charge in [0.1, 0.15) is 10.3 Å². The molecule has 0 aliphatic heterocycles. The van der Waals surface area contributed by atoms with E-state index in [0.29, 0.717) is 0 Å². The van der Waals surface area contributed by atoms with Gasteiger partial charge in [-0.3, -0.25) is 0 Å². The van der Waals surface area contributed by atoms with E-state index < -0.39 is 10.3 Å². The number of hydrogen-bond acceptors (Lipinski definition) is 3. The third kappa shape index (κ3) is 2.31. The molecule has 0 amide bonds. The zero-order chi connectivity index (χ0) is 9.03. The molecule has 0 aliphatic rings. The third-order valence-electron chi connectivity index (χ3n) is 1.04. The van der Waals surface area contributed by atoms with Gasteiger partial charge in [0, 0.05) is 0 Å². The molecule has 0 N–H and O–H groups in total. The summed E-state index contributed by atoms with van der Waals surface area (Å²) in [7, 11) is -4.19. The number of hydrogen-bond donors (Lipinski definition) is 0. The molecule has 0 unspecified atom stereocenters. The summed E-state index contributed by atoms with van der Waals surface area (Å²) in [6.45, 7) is 0. The van der Waals surface area contributed by atoms with Gasteiger partial charge in [-0.05, 0) is 12.1 Å². The highest BCUT2D eigenvalue weighted by atomic mass is 32.2. The van der Waals surface area contributed by atoms with Crippen LogP contribution in [0.25, 0.3) is 5.53 Å². The van der Waals surface area contributed by atoms with E-state index in [-0.39, 0.29) is 5.75 Å². The van der Waals surface area contributed by atoms with Gasteiger partial charge in [-0.15, -0.1) is 8.42 Å². The highest BCUT2D eigenvalue weighted by Crippen LogP contribution is 2.09. The summed E-state index contributed by atoms with van der Waals surface area (Å²) in [6.07, 6.45) is 0. The Morgan fingerprint density at radius 2 is 1.83 bits per heavy atom. The summed E-state index contributed by atoms with van der Waals surface area (Å²) in [6, 6.07) is 7.77. The number of nitrogens with zero attached hydrogens (tertiary/aromatic N) is 2. The number of benzene rings is 1. The maximum absolute atomic E-state index is 10.5. The molecule has 0 spiro atoms. The molecule has 1 radical (unpaired) electrons. The Labute approximate surface area is 69.8 Å². The van der Waals surface area contributed by atoms with Crippen LogP contribution in [0.3, 0.4) is 0 Å². The van der Waals surface area contributed by atoms with Gasteiger partial charge >= 0.3 is 10.3 Å². The summed E-state index contributed by atoms with van der Waals surface area (Å²) in [5, 5.41) is 0. The number of para-hydroxylation sites is 1. The molecule has 0 atom stereocenters. The summed E-state index contributed by atoms with van der Waals surface area (Å²) in [5.41, 5.74) is 7.97. The summed E-state index contributed by atoms with van der Waals surface area (Å²) in [5.74, 6) is 0.107. The second-order valence-corrected chi connectivity index (χ2v) is 3.09. The monoisotopic (exact) mass is 185 g/mol. The topological polar surface area (TPSA) is 79.8 Å². The second kappa shape index (κ2) is 3.31. The van der Waals surface area contributed by atoms with Crippen molar-refractivity contribution < 1.29 is 12.6 Å². The van der Waals surface area contributed by atoms with Crippen molar-refractivity contribution in [2.24, 2.45) is 0 Å². The lowest BCUT2D eigenvalue weighted by atomic mass is 10.3. The minimum atomic E-state index is -4.19. The molecule has 0 saturated heterocycles. The molecular weight excluding hydrogens is 180 g/mol. The average Bonchev–Trinajstić information content (AvgIpc) is 2.06. The molecule has 0 bridgehead atoms. The maximum Gasteiger partial charge on any atom is 0.613 e. The van der Waals surface area contributed by atoms with E-state index in [0.717, 1.165) is 0 Å². The molecule has 0 aromatic heterocycles. The van der Waals surface area contributed by atoms with Gasteiger partial charge in [-0.1, -0.05) is 18.2 Å². The lowest BCUT2D eigenvalue weighted by Crippen LogP contribution is -2.11. The van der Waals surface area contributed by atoms with Gasteiger partial charge in [0.15, 0.2) is 0 Å². The van der Waals surface area contributed by atoms with Crippen LogP contribution in [0, 0.1) is 0 Å². The fourth-order valence-electron chi connectivity index (χ4n) is 0.614. The minimum absolute atomic E-state index is 0.107. The van der Waals surface area contributed by atoms with Crippen LogP contribution in [0.5, 0.6) is 5.75 Å². The molecule has 1 rings (SSSR count). The molecule has 6 heteroatoms. The van der Waals surface area contributed by atoms with Gasteiger partial charge in [0.2, 0.25) is 0 Å². The van der Waals surface area contributed by atoms with E-state index in [1.54, 1.807) is 18.2 Å². The SMILES string of the molecule is [N-]=[N+]S(=O)(=O)Oc1ccccc1. The fourth-order valence-corrected chi connectivity index (χ4v) is 1.00. The zero-order valence-corrected chi connectivity index (χ0v) is 6.73. The molecule has 63 valence electrons. The van der Waals surface area contributed by atoms with Crippen LogP contribution < -0.4 is 8.70 Å². The number of rotatable bonds is 3. The molecule has 5 nitrogen and oxygen atoms in total. The summed E-state index contributed by atoms with van der Waals surface area (Å²) in [4.78, 5) is 0. The van der Waals surface area contributed by atoms with Gasteiger partial charge in [0.25, 0.3) is 0 Å². The predicted molar refractivity (Wildman–Crippen MR) is 41.5 cm³/mol. The first kappa shape index (κ1) is 8.66. The van der Waals surface area contributed by atoms with Crippen LogP contribution in [0.4, 0.5) is 0 Å². The van der Waals surface area contributed by atoms with Crippen molar-refractivity contribution in [3.63, 3.8) is 0 Å². The van der Waals surface area contributed by atoms with Crippen molar-refractivity contribution in [2.45, 2.75) is 0 Å². The van der Waals surface area contributed by atoms with E-state index in [1.807, 2.05) is 0 Å². The highest BCUT2D eigenvalue weighted by molar-refractivity contribution is 7.84. The first-order valence-corrected chi connectivity index (χ1v) is 4.36. The quantitative estimate of drug-likeness (QED) is 0.649. The van der Waals surface area contributed by atoms with E-state index in [1.165, 1.54) is 12.1 Å². The van der Waals surface area contributed by atoms with Crippen LogP contribution >= 0.6 is 0 Å². The Kier molecular flexibility index (Phi) is 2.39. The summed E-state index contributed by atoms with van der Waals surface area (Å²) < 4.78 is 27.4. The Morgan fingerprint density at radius 1 is 1.25 bits per heavy atom. The second-order valence-electron chi connectivity index (χ2n) is 1.91. The molecule has 1 aromatic rings. The molecule has 0 fully saturated rings. The smallest absolute Gasteiger partial charge is 0.406 e. The maximum atomic E-state index is 10.5. The van der Waals surface area contributed by atoms with Crippen molar-refractivity contribution >= 4 is 10.3 Å². The van der Waals surface area contributed by atoms with Gasteiger partial charge in [-0.25, -0.2) is 0 Å². The van der Waals surface area contributed by atoms with E-state index in [4.69, 9.17) is 5.53 Å². The third-order valence-corrected chi connectivity index (χ3v) is 1.65.